The highest BCUT2D eigenvalue weighted by Crippen LogP contribution is 2.14. The number of ether oxygens (including phenoxy) is 2. The molecule has 0 unspecified atom stereocenters. The van der Waals surface area contributed by atoms with Crippen LogP contribution in [0.4, 0.5) is 5.69 Å². The van der Waals surface area contributed by atoms with Crippen molar-refractivity contribution in [2.45, 2.75) is 6.42 Å². The molecule has 1 saturated heterocycles. The summed E-state index contributed by atoms with van der Waals surface area (Å²) in [6.07, 6.45) is 1.02. The van der Waals surface area contributed by atoms with Gasteiger partial charge in [0.05, 0.1) is 20.3 Å². The number of methoxy groups -OCH3 is 1. The van der Waals surface area contributed by atoms with E-state index in [-0.39, 0.29) is 0 Å². The van der Waals surface area contributed by atoms with E-state index in [4.69, 9.17) is 33.9 Å². The van der Waals surface area contributed by atoms with Gasteiger partial charge in [0, 0.05) is 25.3 Å². The predicted octanol–water partition coefficient (Wildman–Crippen LogP) is 1.08. The van der Waals surface area contributed by atoms with Gasteiger partial charge in [0.2, 0.25) is 0 Å². The molecule has 1 fully saturated rings. The first kappa shape index (κ1) is 19.6. The van der Waals surface area contributed by atoms with Gasteiger partial charge in [0.25, 0.3) is 0 Å². The van der Waals surface area contributed by atoms with Gasteiger partial charge in [-0.25, -0.2) is 0 Å². The molecule has 1 aliphatic heterocycles. The lowest BCUT2D eigenvalue weighted by Crippen LogP contribution is -2.48. The Morgan fingerprint density at radius 1 is 1.12 bits per heavy atom. The Balaban J connectivity index is 1.55. The van der Waals surface area contributed by atoms with Gasteiger partial charge < -0.3 is 20.1 Å². The second kappa shape index (κ2) is 11.0. The molecule has 7 nitrogen and oxygen atoms in total. The van der Waals surface area contributed by atoms with Gasteiger partial charge in [0.1, 0.15) is 5.75 Å². The van der Waals surface area contributed by atoms with Crippen molar-refractivity contribution in [1.82, 2.24) is 21.1 Å². The van der Waals surface area contributed by atoms with Crippen molar-refractivity contribution < 1.29 is 9.47 Å². The number of benzene rings is 1. The molecular weight excluding hydrogens is 358 g/mol. The van der Waals surface area contributed by atoms with E-state index in [1.807, 2.05) is 24.3 Å². The summed E-state index contributed by atoms with van der Waals surface area (Å²) in [4.78, 5) is 2.40. The van der Waals surface area contributed by atoms with E-state index in [9.17, 15) is 0 Å². The number of nitrogens with zero attached hydrogens (tertiary/aromatic N) is 1. The Morgan fingerprint density at radius 3 is 2.48 bits per heavy atom. The quantitative estimate of drug-likeness (QED) is 0.328. The van der Waals surface area contributed by atoms with Gasteiger partial charge in [-0.2, -0.15) is 0 Å². The molecule has 0 radical (unpaired) electrons. The first-order valence-electron chi connectivity index (χ1n) is 8.22. The second-order valence-corrected chi connectivity index (χ2v) is 6.31. The molecule has 0 amide bonds. The van der Waals surface area contributed by atoms with Crippen LogP contribution >= 0.6 is 24.4 Å². The fraction of sp³-hybridized carbons (Fsp3) is 0.500. The predicted molar refractivity (Wildman–Crippen MR) is 108 cm³/mol. The fourth-order valence-corrected chi connectivity index (χ4v) is 2.65. The summed E-state index contributed by atoms with van der Waals surface area (Å²) in [6.45, 7) is 5.53. The van der Waals surface area contributed by atoms with Crippen LogP contribution in [0.2, 0.25) is 0 Å². The van der Waals surface area contributed by atoms with Crippen LogP contribution in [-0.2, 0) is 4.74 Å². The average molecular weight is 384 g/mol. The molecular formula is C16H25N5O2S2. The molecule has 1 aromatic rings. The number of nitrogens with one attached hydrogen (secondary N) is 4. The summed E-state index contributed by atoms with van der Waals surface area (Å²) in [5, 5.41) is 7.16. The molecule has 25 heavy (non-hydrogen) atoms. The Morgan fingerprint density at radius 2 is 1.80 bits per heavy atom. The van der Waals surface area contributed by atoms with Gasteiger partial charge >= 0.3 is 0 Å². The molecule has 0 spiro atoms. The maximum absolute atomic E-state index is 5.33. The van der Waals surface area contributed by atoms with Crippen molar-refractivity contribution in [3.05, 3.63) is 24.3 Å². The van der Waals surface area contributed by atoms with Crippen molar-refractivity contribution in [1.29, 1.82) is 0 Å². The summed E-state index contributed by atoms with van der Waals surface area (Å²) < 4.78 is 10.4. The van der Waals surface area contributed by atoms with Crippen molar-refractivity contribution in [2.24, 2.45) is 0 Å². The minimum absolute atomic E-state index is 0.433. The van der Waals surface area contributed by atoms with Crippen LogP contribution < -0.4 is 26.2 Å². The van der Waals surface area contributed by atoms with Crippen LogP contribution in [0.25, 0.3) is 0 Å². The average Bonchev–Trinajstić information content (AvgIpc) is 2.65. The Bertz CT molecular complexity index is 550. The number of rotatable bonds is 6. The molecule has 1 heterocycles. The molecule has 2 rings (SSSR count). The van der Waals surface area contributed by atoms with Crippen molar-refractivity contribution in [3.63, 3.8) is 0 Å². The Kier molecular flexibility index (Phi) is 8.67. The van der Waals surface area contributed by atoms with Crippen molar-refractivity contribution >= 4 is 40.3 Å². The lowest BCUT2D eigenvalue weighted by Gasteiger charge is -2.26. The molecule has 4 N–H and O–H groups in total. The zero-order valence-electron chi connectivity index (χ0n) is 14.3. The van der Waals surface area contributed by atoms with Crippen LogP contribution in [0.15, 0.2) is 24.3 Å². The van der Waals surface area contributed by atoms with Crippen LogP contribution in [0, 0.1) is 0 Å². The summed E-state index contributed by atoms with van der Waals surface area (Å²) >= 11 is 10.4. The number of morpholine rings is 1. The zero-order chi connectivity index (χ0) is 17.9. The maximum Gasteiger partial charge on any atom is 0.189 e. The molecule has 0 aromatic heterocycles. The fourth-order valence-electron chi connectivity index (χ4n) is 2.32. The van der Waals surface area contributed by atoms with E-state index in [2.05, 4.69) is 26.4 Å². The third-order valence-electron chi connectivity index (χ3n) is 3.68. The highest BCUT2D eigenvalue weighted by molar-refractivity contribution is 7.80. The van der Waals surface area contributed by atoms with E-state index in [1.54, 1.807) is 7.11 Å². The van der Waals surface area contributed by atoms with E-state index in [0.717, 1.165) is 57.3 Å². The molecule has 1 aromatic carbocycles. The van der Waals surface area contributed by atoms with E-state index in [1.165, 1.54) is 0 Å². The monoisotopic (exact) mass is 383 g/mol. The SMILES string of the molecule is COc1ccc(NC(=S)NNC(=S)NCCCN2CCOCC2)cc1. The summed E-state index contributed by atoms with van der Waals surface area (Å²) in [6, 6.07) is 7.49. The van der Waals surface area contributed by atoms with Crippen LogP contribution in [0.1, 0.15) is 6.42 Å². The number of anilines is 1. The smallest absolute Gasteiger partial charge is 0.189 e. The molecule has 0 bridgehead atoms. The topological polar surface area (TPSA) is 69.8 Å². The van der Waals surface area contributed by atoms with Gasteiger partial charge in [-0.1, -0.05) is 0 Å². The standard InChI is InChI=1S/C16H25N5O2S2/c1-22-14-5-3-13(4-6-14)18-16(25)20-19-15(24)17-7-2-8-21-9-11-23-12-10-21/h3-6H,2,7-12H2,1H3,(H2,17,19,24)(H2,18,20,25). The first-order valence-corrected chi connectivity index (χ1v) is 9.04. The molecule has 1 aliphatic rings. The van der Waals surface area contributed by atoms with Gasteiger partial charge in [-0.15, -0.1) is 0 Å². The maximum atomic E-state index is 5.33. The number of hydrogen-bond donors (Lipinski definition) is 4. The summed E-state index contributed by atoms with van der Waals surface area (Å²) in [5.74, 6) is 0.796. The summed E-state index contributed by atoms with van der Waals surface area (Å²) in [5.41, 5.74) is 6.60. The first-order chi connectivity index (χ1) is 12.2. The van der Waals surface area contributed by atoms with E-state index >= 15 is 0 Å². The number of thiocarbonyl (C=S) groups is 2. The van der Waals surface area contributed by atoms with Crippen molar-refractivity contribution in [2.75, 3.05) is 51.8 Å². The summed E-state index contributed by atoms with van der Waals surface area (Å²) in [7, 11) is 1.63. The van der Waals surface area contributed by atoms with Crippen LogP contribution in [-0.4, -0.2) is 61.6 Å². The van der Waals surface area contributed by atoms with Crippen LogP contribution in [0.3, 0.4) is 0 Å². The van der Waals surface area contributed by atoms with E-state index < -0.39 is 0 Å². The minimum atomic E-state index is 0.433. The van der Waals surface area contributed by atoms with Crippen molar-refractivity contribution in [3.8, 4) is 5.75 Å². The number of hydrogen-bond acceptors (Lipinski definition) is 5. The highest BCUT2D eigenvalue weighted by Gasteiger charge is 2.09. The van der Waals surface area contributed by atoms with Gasteiger partial charge in [0.15, 0.2) is 10.2 Å². The molecule has 0 aliphatic carbocycles. The third kappa shape index (κ3) is 7.82. The molecule has 0 atom stereocenters. The van der Waals surface area contributed by atoms with Crippen LogP contribution in [0.5, 0.6) is 5.75 Å². The van der Waals surface area contributed by atoms with Gasteiger partial charge in [-0.3, -0.25) is 15.8 Å². The second-order valence-electron chi connectivity index (χ2n) is 5.50. The largest absolute Gasteiger partial charge is 0.497 e. The number of hydrazine groups is 1. The minimum Gasteiger partial charge on any atom is -0.497 e. The molecule has 138 valence electrons. The zero-order valence-corrected chi connectivity index (χ0v) is 16.0. The molecule has 9 heteroatoms. The third-order valence-corrected chi connectivity index (χ3v) is 4.13. The lowest BCUT2D eigenvalue weighted by atomic mass is 10.3. The Hall–Kier alpha value is -1.68. The van der Waals surface area contributed by atoms with E-state index in [0.29, 0.717) is 10.2 Å². The molecule has 0 saturated carbocycles. The lowest BCUT2D eigenvalue weighted by molar-refractivity contribution is 0.0376. The highest BCUT2D eigenvalue weighted by atomic mass is 32.1. The Labute approximate surface area is 159 Å². The normalized spacial score (nSPS) is 14.4. The van der Waals surface area contributed by atoms with Gasteiger partial charge in [-0.05, 0) is 61.7 Å².